The first-order valence-corrected chi connectivity index (χ1v) is 11.6. The number of benzene rings is 2. The fourth-order valence-electron chi connectivity index (χ4n) is 4.35. The summed E-state index contributed by atoms with van der Waals surface area (Å²) in [6.07, 6.45) is 5.19. The Labute approximate surface area is 195 Å². The van der Waals surface area contributed by atoms with Gasteiger partial charge in [-0.05, 0) is 68.3 Å². The van der Waals surface area contributed by atoms with Crippen molar-refractivity contribution in [3.63, 3.8) is 0 Å². The second-order valence-corrected chi connectivity index (χ2v) is 8.43. The Morgan fingerprint density at radius 2 is 1.76 bits per heavy atom. The second-order valence-electron chi connectivity index (χ2n) is 8.43. The molecular weight excluding hydrogens is 420 g/mol. The molecule has 180 valence electrons. The lowest BCUT2D eigenvalue weighted by molar-refractivity contribution is -0.142. The van der Waals surface area contributed by atoms with Crippen LogP contribution in [0.3, 0.4) is 0 Å². The van der Waals surface area contributed by atoms with E-state index >= 15 is 0 Å². The van der Waals surface area contributed by atoms with E-state index in [0.29, 0.717) is 26.1 Å². The number of carbonyl (C=O) groups is 2. The van der Waals surface area contributed by atoms with Gasteiger partial charge in [0.15, 0.2) is 0 Å². The highest BCUT2D eigenvalue weighted by molar-refractivity contribution is 5.85. The van der Waals surface area contributed by atoms with Gasteiger partial charge in [-0.25, -0.2) is 0 Å². The zero-order chi connectivity index (χ0) is 22.8. The molecule has 1 saturated heterocycles. The van der Waals surface area contributed by atoms with Crippen LogP contribution in [0, 0.1) is 5.92 Å². The van der Waals surface area contributed by atoms with Crippen molar-refractivity contribution in [3.8, 4) is 5.75 Å². The first-order valence-electron chi connectivity index (χ1n) is 11.6. The van der Waals surface area contributed by atoms with Crippen LogP contribution in [0.4, 0.5) is 0 Å². The molecule has 2 aromatic carbocycles. The molecule has 33 heavy (non-hydrogen) atoms. The molecule has 1 heterocycles. The largest absolute Gasteiger partial charge is 0.494 e. The fourth-order valence-corrected chi connectivity index (χ4v) is 4.35. The van der Waals surface area contributed by atoms with Crippen LogP contribution in [0.1, 0.15) is 55.7 Å². The van der Waals surface area contributed by atoms with Crippen LogP contribution in [0.15, 0.2) is 54.6 Å². The third kappa shape index (κ3) is 7.87. The van der Waals surface area contributed by atoms with Gasteiger partial charge >= 0.3 is 5.97 Å². The molecule has 3 rings (SSSR count). The standard InChI is InChI=1S/C26H34N2O4.H2O/c27-15-5-2-6-17-32-23-13-11-21(12-14-23)24-18-22(19-25(29)30)26(31)28(24)16-7-10-20-8-3-1-4-9-20;/h1,3-4,8-9,11-14,22,24H,2,5-7,10,15-19,27H2,(H,29,30);1H2/t22-,24-;/m0./s1. The third-order valence-electron chi connectivity index (χ3n) is 6.03. The number of carboxylic acid groups (broad SMARTS) is 1. The number of carbonyl (C=O) groups excluding carboxylic acids is 1. The number of nitrogens with zero attached hydrogens (tertiary/aromatic N) is 1. The van der Waals surface area contributed by atoms with E-state index in [1.54, 1.807) is 0 Å². The van der Waals surface area contributed by atoms with Gasteiger partial charge in [-0.15, -0.1) is 0 Å². The number of unbranched alkanes of at least 4 members (excludes halogenated alkanes) is 2. The minimum atomic E-state index is -0.924. The molecule has 1 amide bonds. The van der Waals surface area contributed by atoms with E-state index < -0.39 is 11.9 Å². The molecule has 2 aromatic rings. The molecule has 0 bridgehead atoms. The average Bonchev–Trinajstić information content (AvgIpc) is 3.09. The van der Waals surface area contributed by atoms with Gasteiger partial charge < -0.3 is 26.0 Å². The number of carboxylic acids is 1. The molecule has 5 N–H and O–H groups in total. The molecule has 0 aromatic heterocycles. The van der Waals surface area contributed by atoms with E-state index in [2.05, 4.69) is 12.1 Å². The van der Waals surface area contributed by atoms with Crippen molar-refractivity contribution >= 4 is 11.9 Å². The van der Waals surface area contributed by atoms with Crippen LogP contribution < -0.4 is 10.5 Å². The maximum atomic E-state index is 13.0. The Balaban J connectivity index is 0.00000385. The average molecular weight is 457 g/mol. The molecular formula is C26H36N2O5. The highest BCUT2D eigenvalue weighted by atomic mass is 16.5. The monoisotopic (exact) mass is 456 g/mol. The summed E-state index contributed by atoms with van der Waals surface area (Å²) in [6.45, 7) is 1.99. The third-order valence-corrected chi connectivity index (χ3v) is 6.03. The van der Waals surface area contributed by atoms with Gasteiger partial charge in [0.1, 0.15) is 5.75 Å². The Bertz CT molecular complexity index is 857. The van der Waals surface area contributed by atoms with Crippen molar-refractivity contribution in [1.82, 2.24) is 4.90 Å². The summed E-state index contributed by atoms with van der Waals surface area (Å²) in [6, 6.07) is 18.0. The normalized spacial score (nSPS) is 17.6. The number of amides is 1. The lowest BCUT2D eigenvalue weighted by atomic mass is 9.97. The van der Waals surface area contributed by atoms with Crippen molar-refractivity contribution in [2.75, 3.05) is 19.7 Å². The van der Waals surface area contributed by atoms with Gasteiger partial charge in [0, 0.05) is 6.54 Å². The minimum Gasteiger partial charge on any atom is -0.494 e. The summed E-state index contributed by atoms with van der Waals surface area (Å²) in [7, 11) is 0. The van der Waals surface area contributed by atoms with Crippen LogP contribution in [0.25, 0.3) is 0 Å². The number of hydrogen-bond donors (Lipinski definition) is 2. The van der Waals surface area contributed by atoms with Crippen molar-refractivity contribution < 1.29 is 24.9 Å². The molecule has 0 radical (unpaired) electrons. The number of hydrogen-bond acceptors (Lipinski definition) is 4. The first kappa shape index (κ1) is 26.4. The van der Waals surface area contributed by atoms with E-state index in [0.717, 1.165) is 43.4 Å². The summed E-state index contributed by atoms with van der Waals surface area (Å²) < 4.78 is 5.81. The molecule has 1 aliphatic rings. The van der Waals surface area contributed by atoms with Gasteiger partial charge in [-0.2, -0.15) is 0 Å². The SMILES string of the molecule is NCCCCCOc1ccc([C@@H]2C[C@@H](CC(=O)O)C(=O)N2CCCc2ccccc2)cc1.O. The van der Waals surface area contributed by atoms with Crippen LogP contribution >= 0.6 is 0 Å². The summed E-state index contributed by atoms with van der Waals surface area (Å²) >= 11 is 0. The molecule has 7 nitrogen and oxygen atoms in total. The highest BCUT2D eigenvalue weighted by Gasteiger charge is 2.40. The lowest BCUT2D eigenvalue weighted by Gasteiger charge is -2.25. The van der Waals surface area contributed by atoms with Gasteiger partial charge in [0.25, 0.3) is 0 Å². The van der Waals surface area contributed by atoms with E-state index in [9.17, 15) is 14.7 Å². The molecule has 1 fully saturated rings. The van der Waals surface area contributed by atoms with Crippen LogP contribution in [-0.4, -0.2) is 47.1 Å². The maximum absolute atomic E-state index is 13.0. The van der Waals surface area contributed by atoms with Crippen LogP contribution in [-0.2, 0) is 16.0 Å². The summed E-state index contributed by atoms with van der Waals surface area (Å²) in [4.78, 5) is 26.1. The topological polar surface area (TPSA) is 124 Å². The molecule has 0 spiro atoms. The smallest absolute Gasteiger partial charge is 0.304 e. The lowest BCUT2D eigenvalue weighted by Crippen LogP contribution is -2.31. The fraction of sp³-hybridized carbons (Fsp3) is 0.462. The van der Waals surface area contributed by atoms with Crippen LogP contribution in [0.5, 0.6) is 5.75 Å². The van der Waals surface area contributed by atoms with E-state index in [1.165, 1.54) is 5.56 Å². The molecule has 2 atom stereocenters. The highest BCUT2D eigenvalue weighted by Crippen LogP contribution is 2.38. The van der Waals surface area contributed by atoms with Gasteiger partial charge in [-0.1, -0.05) is 42.5 Å². The maximum Gasteiger partial charge on any atom is 0.304 e. The number of likely N-dealkylation sites (tertiary alicyclic amines) is 1. The predicted molar refractivity (Wildman–Crippen MR) is 128 cm³/mol. The molecule has 7 heteroatoms. The zero-order valence-electron chi connectivity index (χ0n) is 19.1. The van der Waals surface area contributed by atoms with Crippen LogP contribution in [0.2, 0.25) is 0 Å². The summed E-state index contributed by atoms with van der Waals surface area (Å²) in [5, 5.41) is 9.24. The predicted octanol–water partition coefficient (Wildman–Crippen LogP) is 3.37. The van der Waals surface area contributed by atoms with Crippen molar-refractivity contribution in [3.05, 3.63) is 65.7 Å². The van der Waals surface area contributed by atoms with E-state index in [4.69, 9.17) is 10.5 Å². The number of aryl methyl sites for hydroxylation is 1. The van der Waals surface area contributed by atoms with Crippen molar-refractivity contribution in [2.45, 2.75) is 51.0 Å². The second kappa shape index (κ2) is 13.6. The Hall–Kier alpha value is -2.90. The van der Waals surface area contributed by atoms with Gasteiger partial charge in [0.05, 0.1) is 25.0 Å². The Kier molecular flexibility index (Phi) is 10.9. The van der Waals surface area contributed by atoms with Crippen molar-refractivity contribution in [2.24, 2.45) is 11.7 Å². The summed E-state index contributed by atoms with van der Waals surface area (Å²) in [5.41, 5.74) is 7.78. The van der Waals surface area contributed by atoms with Gasteiger partial charge in [0.2, 0.25) is 5.91 Å². The number of ether oxygens (including phenoxy) is 1. The zero-order valence-corrected chi connectivity index (χ0v) is 19.1. The number of aliphatic carboxylic acids is 1. The molecule has 0 saturated carbocycles. The first-order chi connectivity index (χ1) is 15.6. The molecule has 1 aliphatic heterocycles. The van der Waals surface area contributed by atoms with E-state index in [-0.39, 0.29) is 23.8 Å². The Morgan fingerprint density at radius 1 is 1.03 bits per heavy atom. The number of nitrogens with two attached hydrogens (primary N) is 1. The number of rotatable bonds is 13. The molecule has 0 unspecified atom stereocenters. The quantitative estimate of drug-likeness (QED) is 0.447. The Morgan fingerprint density at radius 3 is 2.42 bits per heavy atom. The van der Waals surface area contributed by atoms with Crippen molar-refractivity contribution in [1.29, 1.82) is 0 Å². The summed E-state index contributed by atoms with van der Waals surface area (Å²) in [5.74, 6) is -0.631. The minimum absolute atomic E-state index is 0. The molecule has 0 aliphatic carbocycles. The van der Waals surface area contributed by atoms with Gasteiger partial charge in [-0.3, -0.25) is 9.59 Å². The van der Waals surface area contributed by atoms with E-state index in [1.807, 2.05) is 47.4 Å².